The van der Waals surface area contributed by atoms with Gasteiger partial charge in [-0.25, -0.2) is 14.8 Å². The Balaban J connectivity index is 1.97. The summed E-state index contributed by atoms with van der Waals surface area (Å²) < 4.78 is 8.96. The average Bonchev–Trinajstić information content (AvgIpc) is 3.20. The minimum atomic E-state index is -1.10. The van der Waals surface area contributed by atoms with Crippen LogP contribution in [0.5, 0.6) is 0 Å². The van der Waals surface area contributed by atoms with Crippen LogP contribution in [0.3, 0.4) is 0 Å². The van der Waals surface area contributed by atoms with E-state index in [1.807, 2.05) is 19.2 Å². The minimum Gasteiger partial charge on any atom is -0.476 e. The smallest absolute Gasteiger partial charge is 0.358 e. The van der Waals surface area contributed by atoms with E-state index in [0.29, 0.717) is 31.1 Å². The Labute approximate surface area is 143 Å². The van der Waals surface area contributed by atoms with Crippen molar-refractivity contribution in [1.82, 2.24) is 24.1 Å². The van der Waals surface area contributed by atoms with Crippen LogP contribution in [0.25, 0.3) is 17.0 Å². The number of morpholine rings is 1. The van der Waals surface area contributed by atoms with Crippen molar-refractivity contribution in [2.24, 2.45) is 7.05 Å². The number of hydrogen-bond acceptors (Lipinski definition) is 6. The van der Waals surface area contributed by atoms with Gasteiger partial charge in [-0.1, -0.05) is 0 Å². The van der Waals surface area contributed by atoms with Crippen molar-refractivity contribution >= 4 is 17.4 Å². The molecule has 1 aliphatic heterocycles. The van der Waals surface area contributed by atoms with Crippen LogP contribution < -0.4 is 4.90 Å². The maximum atomic E-state index is 11.5. The molecular weight excluding hydrogens is 324 g/mol. The van der Waals surface area contributed by atoms with Crippen molar-refractivity contribution in [3.8, 4) is 11.4 Å². The molecule has 1 saturated heterocycles. The summed E-state index contributed by atoms with van der Waals surface area (Å²) in [7, 11) is 1.83. The number of carbonyl (C=O) groups is 1. The van der Waals surface area contributed by atoms with E-state index in [1.54, 1.807) is 15.3 Å². The molecule has 0 saturated carbocycles. The molecule has 0 unspecified atom stereocenters. The Morgan fingerprint density at radius 3 is 2.96 bits per heavy atom. The van der Waals surface area contributed by atoms with Gasteiger partial charge in [-0.2, -0.15) is 5.10 Å². The van der Waals surface area contributed by atoms with E-state index in [-0.39, 0.29) is 11.7 Å². The molecule has 1 aliphatic rings. The van der Waals surface area contributed by atoms with Crippen molar-refractivity contribution in [2.45, 2.75) is 13.0 Å². The van der Waals surface area contributed by atoms with Gasteiger partial charge in [0, 0.05) is 25.9 Å². The second kappa shape index (κ2) is 5.85. The standard InChI is InChI=1S/C16H18N6O3/c1-10-8-25-6-5-21(10)13-7-11(12-3-4-18-20(12)2)19-15-14(16(23)24)17-9-22(13)15/h3-4,7,9-10H,5-6,8H2,1-2H3,(H,23,24)/t10-/m1/s1. The summed E-state index contributed by atoms with van der Waals surface area (Å²) >= 11 is 0. The molecule has 0 spiro atoms. The number of aryl methyl sites for hydroxylation is 1. The fourth-order valence-corrected chi connectivity index (χ4v) is 3.15. The van der Waals surface area contributed by atoms with Crippen molar-refractivity contribution in [1.29, 1.82) is 0 Å². The van der Waals surface area contributed by atoms with Gasteiger partial charge >= 0.3 is 5.97 Å². The quantitative estimate of drug-likeness (QED) is 0.760. The minimum absolute atomic E-state index is 0.0637. The van der Waals surface area contributed by atoms with Gasteiger partial charge in [0.15, 0.2) is 11.3 Å². The van der Waals surface area contributed by atoms with Gasteiger partial charge in [-0.15, -0.1) is 0 Å². The predicted molar refractivity (Wildman–Crippen MR) is 89.8 cm³/mol. The summed E-state index contributed by atoms with van der Waals surface area (Å²) in [6.07, 6.45) is 3.20. The lowest BCUT2D eigenvalue weighted by molar-refractivity contribution is 0.0693. The summed E-state index contributed by atoms with van der Waals surface area (Å²) in [4.78, 5) is 22.3. The third kappa shape index (κ3) is 2.52. The lowest BCUT2D eigenvalue weighted by atomic mass is 10.2. The first-order valence-electron chi connectivity index (χ1n) is 8.00. The zero-order chi connectivity index (χ0) is 17.6. The molecule has 0 aromatic carbocycles. The topological polar surface area (TPSA) is 97.8 Å². The Morgan fingerprint density at radius 2 is 2.28 bits per heavy atom. The molecule has 4 heterocycles. The van der Waals surface area contributed by atoms with Gasteiger partial charge in [-0.3, -0.25) is 9.08 Å². The van der Waals surface area contributed by atoms with Crippen LogP contribution in [-0.4, -0.2) is 61.0 Å². The van der Waals surface area contributed by atoms with Gasteiger partial charge < -0.3 is 14.7 Å². The number of ether oxygens (including phenoxy) is 1. The Kier molecular flexibility index (Phi) is 3.65. The molecule has 3 aromatic rings. The molecule has 1 N–H and O–H groups in total. The predicted octanol–water partition coefficient (Wildman–Crippen LogP) is 1.05. The van der Waals surface area contributed by atoms with Crippen LogP contribution in [0.15, 0.2) is 24.7 Å². The highest BCUT2D eigenvalue weighted by molar-refractivity contribution is 5.93. The van der Waals surface area contributed by atoms with Crippen LogP contribution >= 0.6 is 0 Å². The third-order valence-corrected chi connectivity index (χ3v) is 4.43. The number of nitrogens with zero attached hydrogens (tertiary/aromatic N) is 6. The normalized spacial score (nSPS) is 18.0. The van der Waals surface area contributed by atoms with Gasteiger partial charge in [0.1, 0.15) is 12.1 Å². The summed E-state index contributed by atoms with van der Waals surface area (Å²) in [6, 6.07) is 3.95. The highest BCUT2D eigenvalue weighted by Gasteiger charge is 2.25. The fraction of sp³-hybridized carbons (Fsp3) is 0.375. The molecule has 0 bridgehead atoms. The summed E-state index contributed by atoms with van der Waals surface area (Å²) in [5.41, 5.74) is 1.72. The Hall–Kier alpha value is -2.94. The first-order chi connectivity index (χ1) is 12.1. The fourth-order valence-electron chi connectivity index (χ4n) is 3.15. The highest BCUT2D eigenvalue weighted by Crippen LogP contribution is 2.27. The monoisotopic (exact) mass is 342 g/mol. The zero-order valence-corrected chi connectivity index (χ0v) is 14.0. The Bertz CT molecular complexity index is 947. The second-order valence-corrected chi connectivity index (χ2v) is 6.05. The van der Waals surface area contributed by atoms with Crippen LogP contribution in [0, 0.1) is 0 Å². The number of aromatic nitrogens is 5. The number of hydrogen-bond donors (Lipinski definition) is 1. The number of anilines is 1. The number of carboxylic acids is 1. The third-order valence-electron chi connectivity index (χ3n) is 4.43. The largest absolute Gasteiger partial charge is 0.476 e. The molecule has 1 atom stereocenters. The number of rotatable bonds is 3. The van der Waals surface area contributed by atoms with Crippen molar-refractivity contribution in [2.75, 3.05) is 24.7 Å². The van der Waals surface area contributed by atoms with E-state index in [1.165, 1.54) is 6.33 Å². The van der Waals surface area contributed by atoms with Gasteiger partial charge in [0.05, 0.1) is 30.6 Å². The molecule has 4 rings (SSSR count). The molecule has 0 amide bonds. The lowest BCUT2D eigenvalue weighted by Gasteiger charge is -2.35. The number of imidazole rings is 1. The molecule has 0 aliphatic carbocycles. The number of fused-ring (bicyclic) bond motifs is 1. The van der Waals surface area contributed by atoms with Crippen LogP contribution in [0.2, 0.25) is 0 Å². The van der Waals surface area contributed by atoms with E-state index < -0.39 is 5.97 Å². The van der Waals surface area contributed by atoms with Crippen LogP contribution in [0.4, 0.5) is 5.82 Å². The molecule has 3 aromatic heterocycles. The van der Waals surface area contributed by atoms with Crippen molar-refractivity contribution in [3.05, 3.63) is 30.4 Å². The number of carboxylic acid groups (broad SMARTS) is 1. The van der Waals surface area contributed by atoms with Gasteiger partial charge in [0.25, 0.3) is 0 Å². The van der Waals surface area contributed by atoms with E-state index in [0.717, 1.165) is 11.5 Å². The maximum absolute atomic E-state index is 11.5. The van der Waals surface area contributed by atoms with Gasteiger partial charge in [0.2, 0.25) is 0 Å². The first-order valence-corrected chi connectivity index (χ1v) is 8.00. The molecule has 9 nitrogen and oxygen atoms in total. The van der Waals surface area contributed by atoms with E-state index in [2.05, 4.69) is 26.9 Å². The van der Waals surface area contributed by atoms with E-state index >= 15 is 0 Å². The highest BCUT2D eigenvalue weighted by atomic mass is 16.5. The van der Waals surface area contributed by atoms with Crippen LogP contribution in [0.1, 0.15) is 17.4 Å². The molecule has 1 fully saturated rings. The molecule has 0 radical (unpaired) electrons. The van der Waals surface area contributed by atoms with Gasteiger partial charge in [-0.05, 0) is 13.0 Å². The zero-order valence-electron chi connectivity index (χ0n) is 14.0. The van der Waals surface area contributed by atoms with Crippen molar-refractivity contribution in [3.63, 3.8) is 0 Å². The molecular formula is C16H18N6O3. The van der Waals surface area contributed by atoms with Crippen molar-refractivity contribution < 1.29 is 14.6 Å². The Morgan fingerprint density at radius 1 is 1.44 bits per heavy atom. The molecule has 130 valence electrons. The molecule has 25 heavy (non-hydrogen) atoms. The summed E-state index contributed by atoms with van der Waals surface area (Å²) in [5, 5.41) is 13.6. The molecule has 9 heteroatoms. The SMILES string of the molecule is C[C@@H]1COCCN1c1cc(-c2ccnn2C)nc2c(C(=O)O)ncn12. The maximum Gasteiger partial charge on any atom is 0.358 e. The summed E-state index contributed by atoms with van der Waals surface area (Å²) in [6.45, 7) is 4.02. The first kappa shape index (κ1) is 15.6. The second-order valence-electron chi connectivity index (χ2n) is 6.05. The lowest BCUT2D eigenvalue weighted by Crippen LogP contribution is -2.44. The summed E-state index contributed by atoms with van der Waals surface area (Å²) in [5.74, 6) is -0.255. The van der Waals surface area contributed by atoms with E-state index in [4.69, 9.17) is 4.74 Å². The number of aromatic carboxylic acids is 1. The van der Waals surface area contributed by atoms with Crippen LogP contribution in [-0.2, 0) is 11.8 Å². The van der Waals surface area contributed by atoms with E-state index in [9.17, 15) is 9.90 Å². The average molecular weight is 342 g/mol.